The Morgan fingerprint density at radius 1 is 0.588 bits per heavy atom. The van der Waals surface area contributed by atoms with Crippen molar-refractivity contribution in [3.63, 3.8) is 0 Å². The van der Waals surface area contributed by atoms with Gasteiger partial charge in [-0.25, -0.2) is 18.2 Å². The minimum absolute atomic E-state index is 0. The van der Waals surface area contributed by atoms with Gasteiger partial charge in [-0.3, -0.25) is 0 Å². The van der Waals surface area contributed by atoms with Gasteiger partial charge >= 0.3 is 17.1 Å². The van der Waals surface area contributed by atoms with Crippen molar-refractivity contribution < 1.29 is 17.1 Å². The van der Waals surface area contributed by atoms with Crippen LogP contribution in [0, 0.1) is 0 Å². The first-order chi connectivity index (χ1) is 16.2. The molecule has 1 nitrogen and oxygen atoms in total. The summed E-state index contributed by atoms with van der Waals surface area (Å²) in [4.78, 5) is 2.26. The van der Waals surface area contributed by atoms with E-state index < -0.39 is 8.07 Å². The third-order valence-electron chi connectivity index (χ3n) is 5.97. The van der Waals surface area contributed by atoms with Crippen molar-refractivity contribution in [3.8, 4) is 0 Å². The van der Waals surface area contributed by atoms with Gasteiger partial charge in [-0.05, 0) is 36.2 Å². The Morgan fingerprint density at radius 2 is 1.03 bits per heavy atom. The molecule has 3 heteroatoms. The van der Waals surface area contributed by atoms with Gasteiger partial charge < -0.3 is 4.90 Å². The van der Waals surface area contributed by atoms with E-state index in [0.717, 1.165) is 6.54 Å². The fourth-order valence-electron chi connectivity index (χ4n) is 4.65. The molecule has 0 saturated carbocycles. The normalized spacial score (nSPS) is 10.8. The van der Waals surface area contributed by atoms with Crippen molar-refractivity contribution in [3.05, 3.63) is 145 Å². The van der Waals surface area contributed by atoms with Gasteiger partial charge in [0.15, 0.2) is 8.07 Å². The molecular formula is C31H31FeNSi. The molecule has 0 radical (unpaired) electrons. The first-order valence-corrected chi connectivity index (χ1v) is 13.5. The Hall–Kier alpha value is -2.94. The fraction of sp³-hybridized carbons (Fsp3) is 0.0968. The second-order valence-corrected chi connectivity index (χ2v) is 12.3. The van der Waals surface area contributed by atoms with E-state index >= 15 is 0 Å². The SMILES string of the molecule is CN(C)Cc1cc[cH-]c1[Si](c1ccccc1)(c1ccccc1)c1ccccc1.[Fe+2].c1cc[cH-]c1. The van der Waals surface area contributed by atoms with Crippen LogP contribution in [0.4, 0.5) is 0 Å². The number of hydrogen-bond donors (Lipinski definition) is 0. The molecule has 5 aromatic carbocycles. The smallest absolute Gasteiger partial charge is 0.317 e. The summed E-state index contributed by atoms with van der Waals surface area (Å²) >= 11 is 0. The summed E-state index contributed by atoms with van der Waals surface area (Å²) < 4.78 is 0. The molecule has 0 bridgehead atoms. The van der Waals surface area contributed by atoms with Crippen LogP contribution < -0.4 is 20.7 Å². The maximum absolute atomic E-state index is 2.39. The number of hydrogen-bond acceptors (Lipinski definition) is 1. The summed E-state index contributed by atoms with van der Waals surface area (Å²) in [5.74, 6) is 0. The molecule has 0 saturated heterocycles. The minimum Gasteiger partial charge on any atom is -0.317 e. The van der Waals surface area contributed by atoms with E-state index in [0.29, 0.717) is 0 Å². The van der Waals surface area contributed by atoms with Gasteiger partial charge in [0.1, 0.15) is 0 Å². The van der Waals surface area contributed by atoms with E-state index in [-0.39, 0.29) is 17.1 Å². The molecule has 0 atom stereocenters. The van der Waals surface area contributed by atoms with E-state index in [1.807, 2.05) is 30.3 Å². The van der Waals surface area contributed by atoms with Crippen molar-refractivity contribution >= 4 is 28.8 Å². The molecule has 0 aliphatic carbocycles. The quantitative estimate of drug-likeness (QED) is 0.191. The van der Waals surface area contributed by atoms with Crippen LogP contribution in [0.25, 0.3) is 0 Å². The molecule has 34 heavy (non-hydrogen) atoms. The molecule has 0 aliphatic rings. The van der Waals surface area contributed by atoms with Gasteiger partial charge in [0.05, 0.1) is 0 Å². The van der Waals surface area contributed by atoms with Crippen LogP contribution in [-0.4, -0.2) is 27.1 Å². The Morgan fingerprint density at radius 3 is 1.38 bits per heavy atom. The molecule has 0 amide bonds. The van der Waals surface area contributed by atoms with E-state index in [9.17, 15) is 0 Å². The van der Waals surface area contributed by atoms with Gasteiger partial charge in [-0.1, -0.05) is 91.0 Å². The molecule has 5 rings (SSSR count). The van der Waals surface area contributed by atoms with Crippen LogP contribution in [0.3, 0.4) is 0 Å². The number of rotatable bonds is 6. The van der Waals surface area contributed by atoms with E-state index in [1.54, 1.807) is 0 Å². The Balaban J connectivity index is 0.000000481. The summed E-state index contributed by atoms with van der Waals surface area (Å²) in [7, 11) is 1.91. The van der Waals surface area contributed by atoms with Crippen LogP contribution in [0.15, 0.2) is 140 Å². The summed E-state index contributed by atoms with van der Waals surface area (Å²) in [5.41, 5.74) is 1.42. The fourth-order valence-corrected chi connectivity index (χ4v) is 9.65. The summed E-state index contributed by atoms with van der Waals surface area (Å²) in [6.45, 7) is 0.948. The van der Waals surface area contributed by atoms with Crippen LogP contribution in [0.1, 0.15) is 5.56 Å². The topological polar surface area (TPSA) is 3.24 Å². The van der Waals surface area contributed by atoms with Crippen LogP contribution in [0.5, 0.6) is 0 Å². The van der Waals surface area contributed by atoms with Gasteiger partial charge in [0.2, 0.25) is 0 Å². The summed E-state index contributed by atoms with van der Waals surface area (Å²) in [5, 5.41) is 5.78. The monoisotopic (exact) mass is 501 g/mol. The maximum Gasteiger partial charge on any atom is 2.00 e. The summed E-state index contributed by atoms with van der Waals surface area (Å²) in [6.07, 6.45) is 0. The van der Waals surface area contributed by atoms with Gasteiger partial charge in [0, 0.05) is 0 Å². The zero-order valence-corrected chi connectivity index (χ0v) is 21.9. The Kier molecular flexibility index (Phi) is 9.44. The van der Waals surface area contributed by atoms with Crippen molar-refractivity contribution in [2.45, 2.75) is 6.54 Å². The first-order valence-electron chi connectivity index (χ1n) is 11.5. The Bertz CT molecular complexity index is 1080. The number of nitrogens with zero attached hydrogens (tertiary/aromatic N) is 1. The third-order valence-corrected chi connectivity index (χ3v) is 10.9. The van der Waals surface area contributed by atoms with E-state index in [1.165, 1.54) is 26.3 Å². The van der Waals surface area contributed by atoms with Crippen LogP contribution >= 0.6 is 0 Å². The molecule has 172 valence electrons. The van der Waals surface area contributed by atoms with Gasteiger partial charge in [-0.2, -0.15) is 41.1 Å². The predicted octanol–water partition coefficient (Wildman–Crippen LogP) is 4.25. The zero-order chi connectivity index (χ0) is 22.9. The van der Waals surface area contributed by atoms with Crippen LogP contribution in [0.2, 0.25) is 0 Å². The van der Waals surface area contributed by atoms with E-state index in [2.05, 4.69) is 128 Å². The second-order valence-electron chi connectivity index (χ2n) is 8.51. The maximum atomic E-state index is 2.36. The molecule has 0 fully saturated rings. The molecule has 0 aromatic heterocycles. The predicted molar refractivity (Wildman–Crippen MR) is 145 cm³/mol. The molecule has 0 spiro atoms. The second kappa shape index (κ2) is 12.5. The van der Waals surface area contributed by atoms with Crippen LogP contribution in [-0.2, 0) is 23.6 Å². The average Bonchev–Trinajstić information content (AvgIpc) is 3.58. The average molecular weight is 502 g/mol. The van der Waals surface area contributed by atoms with Crippen molar-refractivity contribution in [1.29, 1.82) is 0 Å². The Labute approximate surface area is 215 Å². The first kappa shape index (κ1) is 25.7. The van der Waals surface area contributed by atoms with Gasteiger partial charge in [0.25, 0.3) is 0 Å². The molecule has 0 heterocycles. The largest absolute Gasteiger partial charge is 2.00 e. The zero-order valence-electron chi connectivity index (χ0n) is 19.8. The number of benzene rings is 3. The van der Waals surface area contributed by atoms with Gasteiger partial charge in [-0.15, -0.1) is 0 Å². The third kappa shape index (κ3) is 5.57. The molecule has 0 unspecified atom stereocenters. The van der Waals surface area contributed by atoms with Crippen molar-refractivity contribution in [1.82, 2.24) is 4.90 Å². The summed E-state index contributed by atoms with van der Waals surface area (Å²) in [6, 6.07) is 50.2. The molecular weight excluding hydrogens is 470 g/mol. The molecule has 0 N–H and O–H groups in total. The van der Waals surface area contributed by atoms with E-state index in [4.69, 9.17) is 0 Å². The molecule has 0 aliphatic heterocycles. The van der Waals surface area contributed by atoms with Crippen molar-refractivity contribution in [2.75, 3.05) is 14.1 Å². The van der Waals surface area contributed by atoms with Crippen molar-refractivity contribution in [2.24, 2.45) is 0 Å². The molecule has 5 aromatic rings. The standard InChI is InChI=1S/C26H26NSi.C5H5.Fe/c1-27(2)21-22-13-12-20-26(22)28(23-14-6-3-7-15-23,24-16-8-4-9-17-24)25-18-10-5-11-19-25;1-2-4-5-3-1;/h3-20H,21H2,1-2H3;1-5H;/q2*-1;+2. The minimum atomic E-state index is -2.39.